The number of carbonyl (C=O) groups is 2. The number of rotatable bonds is 6. The van der Waals surface area contributed by atoms with Crippen LogP contribution in [0.4, 0.5) is 5.69 Å². The summed E-state index contributed by atoms with van der Waals surface area (Å²) < 4.78 is 5.21. The maximum atomic E-state index is 13.4. The van der Waals surface area contributed by atoms with E-state index in [0.717, 1.165) is 44.3 Å². The van der Waals surface area contributed by atoms with Gasteiger partial charge in [0, 0.05) is 24.7 Å². The van der Waals surface area contributed by atoms with E-state index in [1.54, 1.807) is 25.3 Å². The van der Waals surface area contributed by atoms with Gasteiger partial charge in [-0.2, -0.15) is 0 Å². The van der Waals surface area contributed by atoms with Crippen molar-refractivity contribution in [2.75, 3.05) is 38.6 Å². The first-order valence-corrected chi connectivity index (χ1v) is 12.2. The number of piperidine rings is 2. The van der Waals surface area contributed by atoms with Crippen molar-refractivity contribution >= 4 is 29.1 Å². The van der Waals surface area contributed by atoms with Crippen LogP contribution in [0.1, 0.15) is 43.7 Å². The smallest absolute Gasteiger partial charge is 0.246 e. The number of amides is 2. The molecule has 2 saturated heterocycles. The van der Waals surface area contributed by atoms with Gasteiger partial charge in [-0.1, -0.05) is 41.9 Å². The number of anilines is 1. The monoisotopic (exact) mass is 469 g/mol. The summed E-state index contributed by atoms with van der Waals surface area (Å²) in [6.07, 6.45) is 4.99. The van der Waals surface area contributed by atoms with Crippen LogP contribution < -0.4 is 10.1 Å². The molecule has 2 aromatic rings. The van der Waals surface area contributed by atoms with Gasteiger partial charge in [-0.3, -0.25) is 14.5 Å². The fourth-order valence-corrected chi connectivity index (χ4v) is 5.15. The SMILES string of the molecule is COc1ccc(NC(=O)[C@H](c2ccccc2)N2CCC(C(=O)N3CCCCC3)CC2)cc1Cl. The second-order valence-corrected chi connectivity index (χ2v) is 9.26. The minimum Gasteiger partial charge on any atom is -0.495 e. The average Bonchev–Trinajstić information content (AvgIpc) is 2.85. The average molecular weight is 470 g/mol. The Morgan fingerprint density at radius 1 is 1.00 bits per heavy atom. The fraction of sp³-hybridized carbons (Fsp3) is 0.462. The van der Waals surface area contributed by atoms with Crippen molar-refractivity contribution < 1.29 is 14.3 Å². The third-order valence-corrected chi connectivity index (χ3v) is 6.99. The molecule has 1 N–H and O–H groups in total. The molecule has 0 bridgehead atoms. The molecule has 2 aliphatic heterocycles. The van der Waals surface area contributed by atoms with Crippen molar-refractivity contribution in [1.82, 2.24) is 9.80 Å². The van der Waals surface area contributed by atoms with Crippen LogP contribution in [-0.2, 0) is 9.59 Å². The van der Waals surface area contributed by atoms with E-state index in [4.69, 9.17) is 16.3 Å². The predicted octanol–water partition coefficient (Wildman–Crippen LogP) is 4.75. The zero-order valence-corrected chi connectivity index (χ0v) is 19.9. The van der Waals surface area contributed by atoms with Gasteiger partial charge < -0.3 is 15.0 Å². The predicted molar refractivity (Wildman–Crippen MR) is 131 cm³/mol. The van der Waals surface area contributed by atoms with Gasteiger partial charge in [-0.05, 0) is 69.0 Å². The summed E-state index contributed by atoms with van der Waals surface area (Å²) in [5, 5.41) is 3.47. The van der Waals surface area contributed by atoms with E-state index in [1.807, 2.05) is 35.2 Å². The van der Waals surface area contributed by atoms with Gasteiger partial charge in [0.25, 0.3) is 0 Å². The first kappa shape index (κ1) is 23.6. The number of benzene rings is 2. The molecule has 2 heterocycles. The third kappa shape index (κ3) is 5.68. The van der Waals surface area contributed by atoms with E-state index in [0.29, 0.717) is 35.5 Å². The van der Waals surface area contributed by atoms with Crippen LogP contribution >= 0.6 is 11.6 Å². The highest BCUT2D eigenvalue weighted by atomic mass is 35.5. The second-order valence-electron chi connectivity index (χ2n) is 8.85. The molecule has 0 spiro atoms. The van der Waals surface area contributed by atoms with Crippen LogP contribution in [0.2, 0.25) is 5.02 Å². The molecule has 0 unspecified atom stereocenters. The summed E-state index contributed by atoms with van der Waals surface area (Å²) >= 11 is 6.25. The van der Waals surface area contributed by atoms with E-state index >= 15 is 0 Å². The summed E-state index contributed by atoms with van der Waals surface area (Å²) in [5.74, 6) is 0.806. The van der Waals surface area contributed by atoms with Crippen molar-refractivity contribution in [3.63, 3.8) is 0 Å². The van der Waals surface area contributed by atoms with Crippen LogP contribution in [-0.4, -0.2) is 54.9 Å². The van der Waals surface area contributed by atoms with Gasteiger partial charge in [-0.25, -0.2) is 0 Å². The fourth-order valence-electron chi connectivity index (χ4n) is 4.90. The summed E-state index contributed by atoms with van der Waals surface area (Å²) in [4.78, 5) is 30.6. The number of carbonyl (C=O) groups excluding carboxylic acids is 2. The molecular formula is C26H32ClN3O3. The third-order valence-electron chi connectivity index (χ3n) is 6.69. The molecule has 4 rings (SSSR count). The summed E-state index contributed by atoms with van der Waals surface area (Å²) in [7, 11) is 1.56. The van der Waals surface area contributed by atoms with Crippen molar-refractivity contribution in [1.29, 1.82) is 0 Å². The van der Waals surface area contributed by atoms with Crippen LogP contribution in [0, 0.1) is 5.92 Å². The van der Waals surface area contributed by atoms with E-state index in [-0.39, 0.29) is 11.8 Å². The Morgan fingerprint density at radius 2 is 1.70 bits per heavy atom. The zero-order chi connectivity index (χ0) is 23.2. The van der Waals surface area contributed by atoms with Gasteiger partial charge in [0.15, 0.2) is 0 Å². The first-order valence-electron chi connectivity index (χ1n) is 11.8. The Kier molecular flexibility index (Phi) is 7.89. The number of likely N-dealkylation sites (tertiary alicyclic amines) is 2. The number of ether oxygens (including phenoxy) is 1. The Balaban J connectivity index is 1.46. The van der Waals surface area contributed by atoms with Gasteiger partial charge >= 0.3 is 0 Å². The highest BCUT2D eigenvalue weighted by Gasteiger charge is 2.34. The van der Waals surface area contributed by atoms with E-state index in [9.17, 15) is 9.59 Å². The maximum Gasteiger partial charge on any atom is 0.246 e. The molecule has 7 heteroatoms. The number of hydrogen-bond acceptors (Lipinski definition) is 4. The van der Waals surface area contributed by atoms with Crippen molar-refractivity contribution in [3.05, 3.63) is 59.1 Å². The lowest BCUT2D eigenvalue weighted by Gasteiger charge is -2.38. The number of nitrogens with one attached hydrogen (secondary N) is 1. The summed E-state index contributed by atoms with van der Waals surface area (Å²) in [6.45, 7) is 3.19. The van der Waals surface area contributed by atoms with Gasteiger partial charge in [0.2, 0.25) is 11.8 Å². The summed E-state index contributed by atoms with van der Waals surface area (Å²) in [5.41, 5.74) is 1.57. The molecule has 0 radical (unpaired) electrons. The van der Waals surface area contributed by atoms with Gasteiger partial charge in [-0.15, -0.1) is 0 Å². The Morgan fingerprint density at radius 3 is 2.33 bits per heavy atom. The highest BCUT2D eigenvalue weighted by molar-refractivity contribution is 6.32. The first-order chi connectivity index (χ1) is 16.1. The van der Waals surface area contributed by atoms with Crippen LogP contribution in [0.3, 0.4) is 0 Å². The van der Waals surface area contributed by atoms with Crippen molar-refractivity contribution in [2.24, 2.45) is 5.92 Å². The largest absolute Gasteiger partial charge is 0.495 e. The lowest BCUT2D eigenvalue weighted by Crippen LogP contribution is -2.47. The standard InChI is InChI=1S/C26H32ClN3O3/c1-33-23-11-10-21(18-22(23)27)28-25(31)24(19-8-4-2-5-9-19)29-16-12-20(13-17-29)26(32)30-14-6-3-7-15-30/h2,4-5,8-11,18,20,24H,3,6-7,12-17H2,1H3,(H,28,31)/t24-/m0/s1. The number of hydrogen-bond donors (Lipinski definition) is 1. The van der Waals surface area contributed by atoms with Crippen molar-refractivity contribution in [3.8, 4) is 5.75 Å². The van der Waals surface area contributed by atoms with Crippen LogP contribution in [0.5, 0.6) is 5.75 Å². The molecule has 1 atom stereocenters. The van der Waals surface area contributed by atoms with E-state index < -0.39 is 6.04 Å². The molecule has 6 nitrogen and oxygen atoms in total. The van der Waals surface area contributed by atoms with Crippen LogP contribution in [0.25, 0.3) is 0 Å². The zero-order valence-electron chi connectivity index (χ0n) is 19.1. The lowest BCUT2D eigenvalue weighted by atomic mass is 9.92. The second kappa shape index (κ2) is 11.0. The lowest BCUT2D eigenvalue weighted by molar-refractivity contribution is -0.138. The quantitative estimate of drug-likeness (QED) is 0.663. The Bertz CT molecular complexity index is 955. The van der Waals surface area contributed by atoms with Crippen molar-refractivity contribution in [2.45, 2.75) is 38.1 Å². The normalized spacial score (nSPS) is 18.5. The number of halogens is 1. The molecule has 176 valence electrons. The molecular weight excluding hydrogens is 438 g/mol. The molecule has 2 aliphatic rings. The molecule has 0 aliphatic carbocycles. The number of methoxy groups -OCH3 is 1. The molecule has 2 fully saturated rings. The number of nitrogens with zero attached hydrogens (tertiary/aromatic N) is 2. The summed E-state index contributed by atoms with van der Waals surface area (Å²) in [6, 6.07) is 14.6. The molecule has 0 saturated carbocycles. The van der Waals surface area contributed by atoms with E-state index in [2.05, 4.69) is 10.2 Å². The topological polar surface area (TPSA) is 61.9 Å². The van der Waals surface area contributed by atoms with E-state index in [1.165, 1.54) is 6.42 Å². The molecule has 0 aromatic heterocycles. The molecule has 2 amide bonds. The highest BCUT2D eigenvalue weighted by Crippen LogP contribution is 2.31. The molecule has 33 heavy (non-hydrogen) atoms. The van der Waals surface area contributed by atoms with Gasteiger partial charge in [0.05, 0.1) is 12.1 Å². The minimum absolute atomic E-state index is 0.0548. The van der Waals surface area contributed by atoms with Crippen LogP contribution in [0.15, 0.2) is 48.5 Å². The van der Waals surface area contributed by atoms with Gasteiger partial charge in [0.1, 0.15) is 11.8 Å². The Labute approximate surface area is 200 Å². The maximum absolute atomic E-state index is 13.4. The molecule has 2 aromatic carbocycles. The minimum atomic E-state index is -0.432. The Hall–Kier alpha value is -2.57.